The van der Waals surface area contributed by atoms with Crippen LogP contribution in [0.25, 0.3) is 55.8 Å². The van der Waals surface area contributed by atoms with E-state index in [4.69, 9.17) is 15.0 Å². The maximum Gasteiger partial charge on any atom is 0.243 e. The molecule has 0 aliphatic rings. The van der Waals surface area contributed by atoms with Crippen molar-refractivity contribution in [3.8, 4) is 45.0 Å². The monoisotopic (exact) mass is 850 g/mol. The van der Waals surface area contributed by atoms with E-state index >= 15 is 0 Å². The van der Waals surface area contributed by atoms with Crippen LogP contribution in [-0.4, -0.2) is 21.7 Å². The minimum Gasteiger partial charge on any atom is -0.278 e. The molecule has 9 aromatic carbocycles. The molecule has 1 heterocycles. The van der Waals surface area contributed by atoms with Gasteiger partial charge in [-0.3, -0.25) is 4.90 Å². The molecule has 0 aliphatic carbocycles. The smallest absolute Gasteiger partial charge is 0.243 e. The molecule has 0 atom stereocenters. The predicted octanol–water partition coefficient (Wildman–Crippen LogP) is 13.5. The molecule has 1 aromatic heterocycles. The van der Waals surface area contributed by atoms with Crippen molar-refractivity contribution in [1.29, 1.82) is 0 Å². The van der Waals surface area contributed by atoms with Crippen molar-refractivity contribution in [1.82, 2.24) is 15.0 Å². The van der Waals surface area contributed by atoms with E-state index in [1.54, 1.807) is 0 Å². The maximum absolute atomic E-state index is 5.41. The quantitative estimate of drug-likeness (QED) is 0.129. The highest BCUT2D eigenvalue weighted by atomic mass is 15.3. The van der Waals surface area contributed by atoms with E-state index in [1.165, 1.54) is 55.2 Å². The van der Waals surface area contributed by atoms with E-state index < -0.39 is 0 Å². The van der Waals surface area contributed by atoms with E-state index in [-0.39, 0.29) is 6.71 Å². The van der Waals surface area contributed by atoms with Crippen LogP contribution in [0.3, 0.4) is 0 Å². The number of anilines is 3. The van der Waals surface area contributed by atoms with Gasteiger partial charge in [0.2, 0.25) is 12.7 Å². The average molecular weight is 851 g/mol. The third-order valence-corrected chi connectivity index (χ3v) is 12.9. The molecule has 0 bridgehead atoms. The van der Waals surface area contributed by atoms with Crippen LogP contribution in [-0.2, 0) is 0 Å². The third kappa shape index (κ3) is 8.21. The Kier molecular flexibility index (Phi) is 11.4. The summed E-state index contributed by atoms with van der Waals surface area (Å²) in [5, 5.41) is 2.28. The number of aromatic nitrogens is 3. The van der Waals surface area contributed by atoms with Crippen molar-refractivity contribution in [2.75, 3.05) is 4.90 Å². The van der Waals surface area contributed by atoms with E-state index in [1.807, 2.05) is 24.3 Å². The SMILES string of the molecule is Cc1cc(C)c(B(c2c(C)cc(C)cc2C)c2ccc(N(c3cccc(-c4ccccc4)c3)c3nc(-c4ccccc4)nc(-c4ccc(-c5ccccc5)cc4)n3)c3ccccc23)c(C)c1. The summed E-state index contributed by atoms with van der Waals surface area (Å²) >= 11 is 0. The van der Waals surface area contributed by atoms with Gasteiger partial charge in [0, 0.05) is 22.2 Å². The summed E-state index contributed by atoms with van der Waals surface area (Å²) in [5.41, 5.74) is 20.0. The lowest BCUT2D eigenvalue weighted by Gasteiger charge is -2.29. The van der Waals surface area contributed by atoms with E-state index in [9.17, 15) is 0 Å². The topological polar surface area (TPSA) is 41.9 Å². The van der Waals surface area contributed by atoms with Crippen LogP contribution in [0.2, 0.25) is 0 Å². The Morgan fingerprint density at radius 1 is 0.348 bits per heavy atom. The van der Waals surface area contributed by atoms with Crippen molar-refractivity contribution in [2.45, 2.75) is 41.5 Å². The van der Waals surface area contributed by atoms with E-state index in [2.05, 4.69) is 222 Å². The largest absolute Gasteiger partial charge is 0.278 e. The van der Waals surface area contributed by atoms with Crippen LogP contribution in [0.5, 0.6) is 0 Å². The molecular weight excluding hydrogens is 800 g/mol. The average Bonchev–Trinajstić information content (AvgIpc) is 3.34. The highest BCUT2D eigenvalue weighted by molar-refractivity contribution is 6.98. The van der Waals surface area contributed by atoms with Gasteiger partial charge in [-0.2, -0.15) is 9.97 Å². The van der Waals surface area contributed by atoms with Gasteiger partial charge in [-0.1, -0.05) is 232 Å². The molecular formula is C61H51BN4. The molecule has 318 valence electrons. The molecule has 10 aromatic rings. The second-order valence-electron chi connectivity index (χ2n) is 17.6. The molecule has 0 saturated heterocycles. The highest BCUT2D eigenvalue weighted by Gasteiger charge is 2.31. The van der Waals surface area contributed by atoms with Crippen LogP contribution in [0.4, 0.5) is 17.3 Å². The standard InChI is InChI=1S/C61H51BN4/c1-40-35-42(3)57(43(4)36-40)62(58-44(5)37-41(2)38-45(58)6)55-33-34-56(54-28-17-16-27-53(54)55)66(52-26-18-25-51(39-52)47-21-12-8-13-22-47)61-64-59(49-23-14-9-15-24-49)63-60(65-61)50-31-29-48(30-32-50)46-19-10-7-11-20-46/h7-39H,1-6H3. The molecule has 0 saturated carbocycles. The van der Waals surface area contributed by atoms with Crippen molar-refractivity contribution >= 4 is 51.2 Å². The Morgan fingerprint density at radius 3 is 1.32 bits per heavy atom. The summed E-state index contributed by atoms with van der Waals surface area (Å²) in [7, 11) is 0. The fourth-order valence-corrected chi connectivity index (χ4v) is 10.1. The first-order chi connectivity index (χ1) is 32.2. The normalized spacial score (nSPS) is 11.2. The Morgan fingerprint density at radius 2 is 0.773 bits per heavy atom. The molecule has 0 radical (unpaired) electrons. The van der Waals surface area contributed by atoms with E-state index in [0.717, 1.165) is 50.1 Å². The Labute approximate surface area is 389 Å². The molecule has 0 amide bonds. The van der Waals surface area contributed by atoms with Gasteiger partial charge in [0.05, 0.1) is 5.69 Å². The fourth-order valence-electron chi connectivity index (χ4n) is 10.1. The van der Waals surface area contributed by atoms with Gasteiger partial charge in [-0.05, 0) is 87.4 Å². The molecule has 4 nitrogen and oxygen atoms in total. The van der Waals surface area contributed by atoms with Gasteiger partial charge >= 0.3 is 0 Å². The highest BCUT2D eigenvalue weighted by Crippen LogP contribution is 2.40. The summed E-state index contributed by atoms with van der Waals surface area (Å²) in [4.78, 5) is 18.2. The number of aryl methyl sites for hydroxylation is 6. The first-order valence-electron chi connectivity index (χ1n) is 22.8. The zero-order valence-electron chi connectivity index (χ0n) is 38.4. The molecule has 0 N–H and O–H groups in total. The molecule has 66 heavy (non-hydrogen) atoms. The molecule has 5 heteroatoms. The zero-order valence-corrected chi connectivity index (χ0v) is 38.4. The number of hydrogen-bond donors (Lipinski definition) is 0. The Bertz CT molecular complexity index is 3260. The van der Waals surface area contributed by atoms with Crippen LogP contribution in [0.15, 0.2) is 200 Å². The van der Waals surface area contributed by atoms with Crippen molar-refractivity contribution < 1.29 is 0 Å². The van der Waals surface area contributed by atoms with E-state index in [0.29, 0.717) is 17.6 Å². The molecule has 0 unspecified atom stereocenters. The van der Waals surface area contributed by atoms with Crippen LogP contribution >= 0.6 is 0 Å². The Hall–Kier alpha value is -7.89. The van der Waals surface area contributed by atoms with Crippen molar-refractivity contribution in [2.24, 2.45) is 0 Å². The summed E-state index contributed by atoms with van der Waals surface area (Å²) < 4.78 is 0. The van der Waals surface area contributed by atoms with Gasteiger partial charge in [0.1, 0.15) is 0 Å². The fraction of sp³-hybridized carbons (Fsp3) is 0.0984. The van der Waals surface area contributed by atoms with Gasteiger partial charge in [0.15, 0.2) is 11.6 Å². The maximum atomic E-state index is 5.41. The van der Waals surface area contributed by atoms with Gasteiger partial charge in [-0.25, -0.2) is 4.98 Å². The number of hydrogen-bond acceptors (Lipinski definition) is 4. The first kappa shape index (κ1) is 42.1. The third-order valence-electron chi connectivity index (χ3n) is 12.9. The van der Waals surface area contributed by atoms with Crippen LogP contribution in [0, 0.1) is 41.5 Å². The summed E-state index contributed by atoms with van der Waals surface area (Å²) in [6.45, 7) is 13.5. The predicted molar refractivity (Wildman–Crippen MR) is 280 cm³/mol. The van der Waals surface area contributed by atoms with Gasteiger partial charge < -0.3 is 0 Å². The molecule has 0 spiro atoms. The second kappa shape index (κ2) is 17.9. The summed E-state index contributed by atoms with van der Waals surface area (Å²) in [5.74, 6) is 1.73. The number of fused-ring (bicyclic) bond motifs is 1. The van der Waals surface area contributed by atoms with Gasteiger partial charge in [-0.15, -0.1) is 0 Å². The molecule has 10 rings (SSSR count). The van der Waals surface area contributed by atoms with Gasteiger partial charge in [0.25, 0.3) is 0 Å². The van der Waals surface area contributed by atoms with Crippen LogP contribution < -0.4 is 21.3 Å². The lowest BCUT2D eigenvalue weighted by Crippen LogP contribution is -2.56. The molecule has 0 aliphatic heterocycles. The zero-order chi connectivity index (χ0) is 45.3. The summed E-state index contributed by atoms with van der Waals surface area (Å²) in [6, 6.07) is 71.3. The van der Waals surface area contributed by atoms with Crippen LogP contribution in [0.1, 0.15) is 33.4 Å². The first-order valence-corrected chi connectivity index (χ1v) is 22.8. The van der Waals surface area contributed by atoms with Crippen molar-refractivity contribution in [3.05, 3.63) is 234 Å². The second-order valence-corrected chi connectivity index (χ2v) is 17.6. The lowest BCUT2D eigenvalue weighted by molar-refractivity contribution is 1.02. The Balaban J connectivity index is 1.23. The summed E-state index contributed by atoms with van der Waals surface area (Å²) in [6.07, 6.45) is 0. The van der Waals surface area contributed by atoms with Crippen molar-refractivity contribution in [3.63, 3.8) is 0 Å². The minimum absolute atomic E-state index is 0.00710. The number of nitrogens with zero attached hydrogens (tertiary/aromatic N) is 4. The number of rotatable bonds is 10. The number of benzene rings is 9. The molecule has 0 fully saturated rings. The lowest BCUT2D eigenvalue weighted by atomic mass is 9.33. The minimum atomic E-state index is -0.00710.